The number of aromatic carboxylic acids is 1. The maximum atomic E-state index is 12.8. The molecule has 1 rings (SSSR count). The molecule has 0 heterocycles. The molecule has 0 aliphatic heterocycles. The predicted octanol–water partition coefficient (Wildman–Crippen LogP) is 2.88. The summed E-state index contributed by atoms with van der Waals surface area (Å²) >= 11 is 4.98. The fraction of sp³-hybridized carbons (Fsp3) is 0. The standard InChI is InChI=1S/C7H2ClF3O2.ClH/c8-4-5(10)2(7(12)13)1-3(9)6(4)11;/h1H,(H,12,13);1H. The maximum Gasteiger partial charge on any atom is 0.338 e. The number of carbonyl (C=O) groups is 1. The summed E-state index contributed by atoms with van der Waals surface area (Å²) in [6.45, 7) is 0. The van der Waals surface area contributed by atoms with Gasteiger partial charge < -0.3 is 5.11 Å². The number of hydrogen-bond acceptors (Lipinski definition) is 1. The van der Waals surface area contributed by atoms with Gasteiger partial charge in [-0.2, -0.15) is 0 Å². The first-order chi connectivity index (χ1) is 5.95. The third-order valence-electron chi connectivity index (χ3n) is 1.33. The second-order valence-corrected chi connectivity index (χ2v) is 2.53. The molecule has 0 atom stereocenters. The van der Waals surface area contributed by atoms with E-state index in [4.69, 9.17) is 16.7 Å². The lowest BCUT2D eigenvalue weighted by molar-refractivity contribution is 0.0691. The van der Waals surface area contributed by atoms with E-state index in [0.29, 0.717) is 0 Å². The van der Waals surface area contributed by atoms with Gasteiger partial charge >= 0.3 is 5.97 Å². The van der Waals surface area contributed by atoms with Crippen LogP contribution in [-0.4, -0.2) is 11.1 Å². The van der Waals surface area contributed by atoms with Crippen molar-refractivity contribution in [3.8, 4) is 0 Å². The number of halogens is 5. The molecule has 0 saturated heterocycles. The second kappa shape index (κ2) is 4.52. The molecule has 0 spiro atoms. The summed E-state index contributed by atoms with van der Waals surface area (Å²) in [5, 5.41) is 7.16. The van der Waals surface area contributed by atoms with Crippen LogP contribution in [0.25, 0.3) is 0 Å². The molecule has 1 N–H and O–H groups in total. The van der Waals surface area contributed by atoms with Gasteiger partial charge in [-0.1, -0.05) is 11.6 Å². The molecule has 0 bridgehead atoms. The van der Waals surface area contributed by atoms with Crippen LogP contribution in [0, 0.1) is 17.5 Å². The highest BCUT2D eigenvalue weighted by atomic mass is 35.5. The smallest absolute Gasteiger partial charge is 0.338 e. The van der Waals surface area contributed by atoms with Crippen molar-refractivity contribution in [3.05, 3.63) is 34.1 Å². The second-order valence-electron chi connectivity index (χ2n) is 2.15. The van der Waals surface area contributed by atoms with Crippen molar-refractivity contribution in [1.29, 1.82) is 0 Å². The summed E-state index contributed by atoms with van der Waals surface area (Å²) in [5.74, 6) is -6.28. The van der Waals surface area contributed by atoms with Crippen LogP contribution in [0.4, 0.5) is 13.2 Å². The average Bonchev–Trinajstić information content (AvgIpc) is 2.07. The van der Waals surface area contributed by atoms with E-state index in [1.807, 2.05) is 0 Å². The highest BCUT2D eigenvalue weighted by molar-refractivity contribution is 6.31. The number of carboxylic acids is 1. The minimum absolute atomic E-state index is 0. The summed E-state index contributed by atoms with van der Waals surface area (Å²) in [6, 6.07) is 0.235. The van der Waals surface area contributed by atoms with Gasteiger partial charge in [-0.15, -0.1) is 12.4 Å². The van der Waals surface area contributed by atoms with Gasteiger partial charge in [0.1, 0.15) is 5.02 Å². The molecular formula is C7H3Cl2F3O2. The first kappa shape index (κ1) is 13.1. The van der Waals surface area contributed by atoms with Gasteiger partial charge in [-0.3, -0.25) is 0 Å². The Morgan fingerprint density at radius 2 is 1.79 bits per heavy atom. The molecule has 0 aromatic heterocycles. The fourth-order valence-electron chi connectivity index (χ4n) is 0.728. The minimum atomic E-state index is -1.71. The number of benzene rings is 1. The Labute approximate surface area is 87.7 Å². The predicted molar refractivity (Wildman–Crippen MR) is 45.5 cm³/mol. The van der Waals surface area contributed by atoms with E-state index < -0.39 is 34.0 Å². The lowest BCUT2D eigenvalue weighted by Gasteiger charge is -2.01. The largest absolute Gasteiger partial charge is 0.478 e. The summed E-state index contributed by atoms with van der Waals surface area (Å²) in [6.07, 6.45) is 0. The van der Waals surface area contributed by atoms with Gasteiger partial charge in [0.25, 0.3) is 0 Å². The van der Waals surface area contributed by atoms with E-state index in [1.165, 1.54) is 0 Å². The van der Waals surface area contributed by atoms with Crippen LogP contribution in [0.5, 0.6) is 0 Å². The molecule has 2 nitrogen and oxygen atoms in total. The van der Waals surface area contributed by atoms with Crippen molar-refractivity contribution in [3.63, 3.8) is 0 Å². The third kappa shape index (κ3) is 2.10. The van der Waals surface area contributed by atoms with E-state index in [0.717, 1.165) is 0 Å². The Balaban J connectivity index is 0.00000169. The Bertz CT molecular complexity index is 382. The molecule has 1 aromatic carbocycles. The molecule has 0 amide bonds. The molecule has 1 aromatic rings. The zero-order valence-corrected chi connectivity index (χ0v) is 7.93. The molecule has 0 radical (unpaired) electrons. The van der Waals surface area contributed by atoms with Crippen LogP contribution in [-0.2, 0) is 0 Å². The van der Waals surface area contributed by atoms with Gasteiger partial charge in [0.2, 0.25) is 0 Å². The van der Waals surface area contributed by atoms with Gasteiger partial charge in [0.05, 0.1) is 5.56 Å². The number of carboxylic acid groups (broad SMARTS) is 1. The van der Waals surface area contributed by atoms with Crippen molar-refractivity contribution in [2.45, 2.75) is 0 Å². The monoisotopic (exact) mass is 246 g/mol. The summed E-state index contributed by atoms with van der Waals surface area (Å²) in [5.41, 5.74) is -0.996. The van der Waals surface area contributed by atoms with Crippen molar-refractivity contribution < 1.29 is 23.1 Å². The molecule has 0 saturated carbocycles. The van der Waals surface area contributed by atoms with Crippen LogP contribution < -0.4 is 0 Å². The molecule has 14 heavy (non-hydrogen) atoms. The Morgan fingerprint density at radius 3 is 2.21 bits per heavy atom. The van der Waals surface area contributed by atoms with Crippen molar-refractivity contribution in [2.24, 2.45) is 0 Å². The lowest BCUT2D eigenvalue weighted by Crippen LogP contribution is -2.04. The average molecular weight is 247 g/mol. The highest BCUT2D eigenvalue weighted by Gasteiger charge is 2.20. The molecule has 78 valence electrons. The maximum absolute atomic E-state index is 12.8. The Morgan fingerprint density at radius 1 is 1.29 bits per heavy atom. The molecule has 0 aliphatic carbocycles. The Hall–Kier alpha value is -0.940. The topological polar surface area (TPSA) is 37.3 Å². The van der Waals surface area contributed by atoms with Gasteiger partial charge in [0.15, 0.2) is 17.5 Å². The summed E-state index contributed by atoms with van der Waals surface area (Å²) < 4.78 is 37.8. The Kier molecular flexibility index (Phi) is 4.22. The molecule has 7 heteroatoms. The first-order valence-electron chi connectivity index (χ1n) is 3.01. The van der Waals surface area contributed by atoms with Crippen LogP contribution >= 0.6 is 24.0 Å². The molecule has 0 unspecified atom stereocenters. The van der Waals surface area contributed by atoms with Crippen LogP contribution in [0.15, 0.2) is 6.07 Å². The van der Waals surface area contributed by atoms with E-state index in [2.05, 4.69) is 0 Å². The van der Waals surface area contributed by atoms with Gasteiger partial charge in [0, 0.05) is 0 Å². The molecule has 0 fully saturated rings. The summed E-state index contributed by atoms with van der Waals surface area (Å²) in [4.78, 5) is 10.2. The summed E-state index contributed by atoms with van der Waals surface area (Å²) in [7, 11) is 0. The van der Waals surface area contributed by atoms with Crippen molar-refractivity contribution >= 4 is 30.0 Å². The normalized spacial score (nSPS) is 9.43. The third-order valence-corrected chi connectivity index (χ3v) is 1.66. The van der Waals surface area contributed by atoms with Crippen molar-refractivity contribution in [1.82, 2.24) is 0 Å². The van der Waals surface area contributed by atoms with E-state index >= 15 is 0 Å². The van der Waals surface area contributed by atoms with Crippen LogP contribution in [0.1, 0.15) is 10.4 Å². The van der Waals surface area contributed by atoms with E-state index in [-0.39, 0.29) is 18.5 Å². The zero-order valence-electron chi connectivity index (χ0n) is 6.35. The van der Waals surface area contributed by atoms with E-state index in [9.17, 15) is 18.0 Å². The highest BCUT2D eigenvalue weighted by Crippen LogP contribution is 2.24. The lowest BCUT2D eigenvalue weighted by atomic mass is 10.2. The first-order valence-corrected chi connectivity index (χ1v) is 3.39. The zero-order chi connectivity index (χ0) is 10.2. The number of rotatable bonds is 1. The van der Waals surface area contributed by atoms with E-state index in [1.54, 1.807) is 0 Å². The van der Waals surface area contributed by atoms with Gasteiger partial charge in [-0.25, -0.2) is 18.0 Å². The fourth-order valence-corrected chi connectivity index (χ4v) is 0.921. The van der Waals surface area contributed by atoms with Crippen LogP contribution in [0.2, 0.25) is 5.02 Å². The van der Waals surface area contributed by atoms with Crippen LogP contribution in [0.3, 0.4) is 0 Å². The number of hydrogen-bond donors (Lipinski definition) is 1. The SMILES string of the molecule is Cl.O=C(O)c1cc(F)c(F)c(Cl)c1F. The molecular weight excluding hydrogens is 244 g/mol. The minimum Gasteiger partial charge on any atom is -0.478 e. The van der Waals surface area contributed by atoms with Crippen molar-refractivity contribution in [2.75, 3.05) is 0 Å². The van der Waals surface area contributed by atoms with Gasteiger partial charge in [-0.05, 0) is 6.07 Å². The molecule has 0 aliphatic rings. The quantitative estimate of drug-likeness (QED) is 0.611.